The van der Waals surface area contributed by atoms with Crippen LogP contribution in [0.3, 0.4) is 0 Å². The molecule has 31 heavy (non-hydrogen) atoms. The Kier molecular flexibility index (Phi) is 5.43. The summed E-state index contributed by atoms with van der Waals surface area (Å²) in [4.78, 5) is 16.3. The van der Waals surface area contributed by atoms with E-state index in [1.54, 1.807) is 24.3 Å². The molecular weight excluding hydrogens is 409 g/mol. The van der Waals surface area contributed by atoms with Crippen molar-refractivity contribution in [1.82, 2.24) is 14.8 Å². The molecule has 6 nitrogen and oxygen atoms in total. The number of ether oxygens (including phenoxy) is 1. The van der Waals surface area contributed by atoms with Gasteiger partial charge in [0, 0.05) is 17.2 Å². The Bertz CT molecular complexity index is 1070. The molecule has 0 spiro atoms. The first-order valence-corrected chi connectivity index (χ1v) is 9.93. The molecule has 1 fully saturated rings. The van der Waals surface area contributed by atoms with Crippen molar-refractivity contribution in [3.05, 3.63) is 54.1 Å². The predicted molar refractivity (Wildman–Crippen MR) is 109 cm³/mol. The van der Waals surface area contributed by atoms with E-state index >= 15 is 0 Å². The van der Waals surface area contributed by atoms with Crippen molar-refractivity contribution >= 4 is 11.6 Å². The first-order valence-electron chi connectivity index (χ1n) is 9.93. The number of benzene rings is 2. The van der Waals surface area contributed by atoms with Gasteiger partial charge in [0.2, 0.25) is 5.91 Å². The second kappa shape index (κ2) is 8.05. The van der Waals surface area contributed by atoms with Crippen LogP contribution in [0.2, 0.25) is 0 Å². The number of nitrogens with zero attached hydrogens (tertiary/aromatic N) is 3. The quantitative estimate of drug-likeness (QED) is 0.592. The molecule has 1 amide bonds. The fraction of sp³-hybridized carbons (Fsp3) is 0.318. The number of hydrogen-bond acceptors (Lipinski definition) is 4. The maximum atomic E-state index is 12.9. The third-order valence-electron chi connectivity index (χ3n) is 4.73. The van der Waals surface area contributed by atoms with Gasteiger partial charge in [-0.3, -0.25) is 4.79 Å². The van der Waals surface area contributed by atoms with Gasteiger partial charge >= 0.3 is 12.2 Å². The highest BCUT2D eigenvalue weighted by atomic mass is 19.4. The van der Waals surface area contributed by atoms with Crippen LogP contribution in [0.1, 0.15) is 32.3 Å². The molecule has 1 aliphatic carbocycles. The summed E-state index contributed by atoms with van der Waals surface area (Å²) in [7, 11) is 0. The lowest BCUT2D eigenvalue weighted by molar-refractivity contribution is -0.137. The number of carbonyl (C=O) groups excluding carboxylic acids is 1. The smallest absolute Gasteiger partial charge is 0.416 e. The van der Waals surface area contributed by atoms with Crippen LogP contribution < -0.4 is 10.1 Å². The summed E-state index contributed by atoms with van der Waals surface area (Å²) in [6.07, 6.45) is -2.76. The summed E-state index contributed by atoms with van der Waals surface area (Å²) in [6, 6.07) is 11.8. The van der Waals surface area contributed by atoms with Crippen LogP contribution in [0.5, 0.6) is 6.01 Å². The zero-order chi connectivity index (χ0) is 22.2. The summed E-state index contributed by atoms with van der Waals surface area (Å²) < 4.78 is 45.8. The molecule has 0 bridgehead atoms. The van der Waals surface area contributed by atoms with Gasteiger partial charge in [0.25, 0.3) is 0 Å². The number of alkyl halides is 3. The molecule has 0 aliphatic heterocycles. The molecule has 0 atom stereocenters. The van der Waals surface area contributed by atoms with Gasteiger partial charge < -0.3 is 10.1 Å². The Hall–Kier alpha value is -3.36. The number of carbonyl (C=O) groups is 1. The number of hydrogen-bond donors (Lipinski definition) is 1. The monoisotopic (exact) mass is 430 g/mol. The minimum Gasteiger partial charge on any atom is -0.460 e. The lowest BCUT2D eigenvalue weighted by Crippen LogP contribution is -2.13. The standard InChI is InChI=1S/C22H21F3N4O2/c1-13(2)31-21-27-19(14-5-7-16(8-6-14)22(23,24)25)29(28-21)18-11-9-17(10-12-18)26-20(30)15-3-4-15/h5-13,15H,3-4H2,1-2H3,(H,26,30). The van der Waals surface area contributed by atoms with Crippen molar-refractivity contribution < 1.29 is 22.7 Å². The summed E-state index contributed by atoms with van der Waals surface area (Å²) in [5, 5.41) is 7.24. The van der Waals surface area contributed by atoms with E-state index in [4.69, 9.17) is 4.74 Å². The molecule has 1 saturated carbocycles. The highest BCUT2D eigenvalue weighted by molar-refractivity contribution is 5.94. The molecule has 1 aliphatic rings. The first-order chi connectivity index (χ1) is 14.7. The van der Waals surface area contributed by atoms with Crippen molar-refractivity contribution in [2.24, 2.45) is 5.92 Å². The van der Waals surface area contributed by atoms with E-state index in [0.717, 1.165) is 25.0 Å². The van der Waals surface area contributed by atoms with E-state index in [1.165, 1.54) is 16.8 Å². The Morgan fingerprint density at radius 2 is 1.74 bits per heavy atom. The van der Waals surface area contributed by atoms with E-state index in [1.807, 2.05) is 13.8 Å². The number of aromatic nitrogens is 3. The molecule has 0 radical (unpaired) electrons. The van der Waals surface area contributed by atoms with Crippen molar-refractivity contribution in [2.45, 2.75) is 39.0 Å². The zero-order valence-electron chi connectivity index (χ0n) is 17.0. The van der Waals surface area contributed by atoms with Crippen LogP contribution in [0.25, 0.3) is 17.1 Å². The number of amides is 1. The highest BCUT2D eigenvalue weighted by Crippen LogP contribution is 2.32. The van der Waals surface area contributed by atoms with Crippen LogP contribution in [-0.4, -0.2) is 26.8 Å². The third-order valence-corrected chi connectivity index (χ3v) is 4.73. The lowest BCUT2D eigenvalue weighted by atomic mass is 10.1. The van der Waals surface area contributed by atoms with Gasteiger partial charge in [0.1, 0.15) is 0 Å². The van der Waals surface area contributed by atoms with Crippen LogP contribution in [0.4, 0.5) is 18.9 Å². The van der Waals surface area contributed by atoms with Crippen molar-refractivity contribution in [1.29, 1.82) is 0 Å². The summed E-state index contributed by atoms with van der Waals surface area (Å²) in [5.41, 5.74) is 1.02. The van der Waals surface area contributed by atoms with E-state index in [-0.39, 0.29) is 23.9 Å². The normalized spacial score (nSPS) is 14.0. The second-order valence-electron chi connectivity index (χ2n) is 7.68. The van der Waals surface area contributed by atoms with Gasteiger partial charge in [-0.2, -0.15) is 18.2 Å². The molecular formula is C22H21F3N4O2. The lowest BCUT2D eigenvalue weighted by Gasteiger charge is -2.09. The molecule has 1 N–H and O–H groups in total. The van der Waals surface area contributed by atoms with Crippen molar-refractivity contribution in [2.75, 3.05) is 5.32 Å². The Labute approximate surface area is 177 Å². The number of halogens is 3. The van der Waals surface area contributed by atoms with Crippen molar-refractivity contribution in [3.63, 3.8) is 0 Å². The molecule has 1 heterocycles. The van der Waals surface area contributed by atoms with E-state index in [2.05, 4.69) is 15.4 Å². The Morgan fingerprint density at radius 3 is 2.29 bits per heavy atom. The minimum atomic E-state index is -4.42. The van der Waals surface area contributed by atoms with E-state index in [9.17, 15) is 18.0 Å². The van der Waals surface area contributed by atoms with Gasteiger partial charge in [0.15, 0.2) is 5.82 Å². The predicted octanol–water partition coefficient (Wildman–Crippen LogP) is 5.09. The van der Waals surface area contributed by atoms with Crippen LogP contribution >= 0.6 is 0 Å². The van der Waals surface area contributed by atoms with Gasteiger partial charge in [-0.25, -0.2) is 4.68 Å². The fourth-order valence-electron chi connectivity index (χ4n) is 3.00. The highest BCUT2D eigenvalue weighted by Gasteiger charge is 2.31. The molecule has 0 unspecified atom stereocenters. The maximum absolute atomic E-state index is 12.9. The number of nitrogens with one attached hydrogen (secondary N) is 1. The Morgan fingerprint density at radius 1 is 1.10 bits per heavy atom. The number of rotatable bonds is 6. The molecule has 9 heteroatoms. The summed E-state index contributed by atoms with van der Waals surface area (Å²) in [6.45, 7) is 3.66. The zero-order valence-corrected chi connectivity index (χ0v) is 17.0. The molecule has 3 aromatic rings. The second-order valence-corrected chi connectivity index (χ2v) is 7.68. The van der Waals surface area contributed by atoms with Gasteiger partial charge in [-0.1, -0.05) is 12.1 Å². The minimum absolute atomic E-state index is 0.00608. The van der Waals surface area contributed by atoms with Crippen LogP contribution in [-0.2, 0) is 11.0 Å². The third kappa shape index (κ3) is 4.87. The SMILES string of the molecule is CC(C)Oc1nc(-c2ccc(C(F)(F)F)cc2)n(-c2ccc(NC(=O)C3CC3)cc2)n1. The number of anilines is 1. The largest absolute Gasteiger partial charge is 0.460 e. The summed E-state index contributed by atoms with van der Waals surface area (Å²) in [5.74, 6) is 0.447. The van der Waals surface area contributed by atoms with E-state index < -0.39 is 11.7 Å². The molecule has 0 saturated heterocycles. The average molecular weight is 430 g/mol. The van der Waals surface area contributed by atoms with Crippen LogP contribution in [0.15, 0.2) is 48.5 Å². The van der Waals surface area contributed by atoms with Gasteiger partial charge in [-0.05, 0) is 63.1 Å². The van der Waals surface area contributed by atoms with Gasteiger partial charge in [0.05, 0.1) is 17.4 Å². The first kappa shape index (κ1) is 20.9. The molecule has 162 valence electrons. The Balaban J connectivity index is 1.66. The van der Waals surface area contributed by atoms with E-state index in [0.29, 0.717) is 22.8 Å². The molecule has 2 aromatic carbocycles. The molecule has 4 rings (SSSR count). The molecule has 1 aromatic heterocycles. The maximum Gasteiger partial charge on any atom is 0.416 e. The van der Waals surface area contributed by atoms with Crippen LogP contribution in [0, 0.1) is 5.92 Å². The van der Waals surface area contributed by atoms with Gasteiger partial charge in [-0.15, -0.1) is 5.10 Å². The van der Waals surface area contributed by atoms with Crippen molar-refractivity contribution in [3.8, 4) is 23.1 Å². The fourth-order valence-corrected chi connectivity index (χ4v) is 3.00. The average Bonchev–Trinajstić information content (AvgIpc) is 3.49. The summed E-state index contributed by atoms with van der Waals surface area (Å²) >= 11 is 0. The topological polar surface area (TPSA) is 69.0 Å².